The number of nitrogens with two attached hydrogens (primary N) is 1. The average Bonchev–Trinajstić information content (AvgIpc) is 2.81. The Hall–Kier alpha value is -2.53. The van der Waals surface area contributed by atoms with Crippen LogP contribution in [0.2, 0.25) is 5.02 Å². The summed E-state index contributed by atoms with van der Waals surface area (Å²) in [5.41, 5.74) is 7.05. The average molecular weight is 305 g/mol. The minimum absolute atomic E-state index is 0.0108. The van der Waals surface area contributed by atoms with Crippen molar-refractivity contribution in [3.05, 3.63) is 59.1 Å². The number of carbonyl (C=O) groups excluding carboxylic acids is 1. The highest BCUT2D eigenvalue weighted by molar-refractivity contribution is 6.31. The standard InChI is InChI=1S/C15H10ClFN2O2/c16-10-7-8(5-6-11(10)17)19-15(20)14-13(18)9-3-1-2-4-12(9)21-14/h1-7H,18H2,(H,19,20). The van der Waals surface area contributed by atoms with Crippen LogP contribution in [0.5, 0.6) is 0 Å². The first-order valence-electron chi connectivity index (χ1n) is 6.09. The maximum atomic E-state index is 13.1. The fraction of sp³-hybridized carbons (Fsp3) is 0. The predicted octanol–water partition coefficient (Wildman–Crippen LogP) is 4.06. The minimum atomic E-state index is -0.557. The van der Waals surface area contributed by atoms with Crippen LogP contribution < -0.4 is 11.1 Å². The number of nitrogens with one attached hydrogen (secondary N) is 1. The van der Waals surface area contributed by atoms with Gasteiger partial charge >= 0.3 is 0 Å². The molecule has 21 heavy (non-hydrogen) atoms. The third-order valence-corrected chi connectivity index (χ3v) is 3.31. The zero-order chi connectivity index (χ0) is 15.0. The fourth-order valence-electron chi connectivity index (χ4n) is 2.00. The first-order valence-corrected chi connectivity index (χ1v) is 6.47. The smallest absolute Gasteiger partial charge is 0.293 e. The summed E-state index contributed by atoms with van der Waals surface area (Å²) in [7, 11) is 0. The molecule has 0 radical (unpaired) electrons. The number of carbonyl (C=O) groups is 1. The molecule has 2 aromatic carbocycles. The van der Waals surface area contributed by atoms with E-state index in [1.54, 1.807) is 24.3 Å². The van der Waals surface area contributed by atoms with Gasteiger partial charge in [0.15, 0.2) is 0 Å². The maximum Gasteiger partial charge on any atom is 0.293 e. The molecule has 3 rings (SSSR count). The van der Waals surface area contributed by atoms with Crippen LogP contribution in [-0.2, 0) is 0 Å². The molecule has 4 nitrogen and oxygen atoms in total. The molecule has 1 heterocycles. The van der Waals surface area contributed by atoms with Crippen molar-refractivity contribution in [3.63, 3.8) is 0 Å². The summed E-state index contributed by atoms with van der Waals surface area (Å²) in [6.45, 7) is 0. The molecule has 0 atom stereocenters. The van der Waals surface area contributed by atoms with E-state index in [9.17, 15) is 9.18 Å². The largest absolute Gasteiger partial charge is 0.449 e. The zero-order valence-electron chi connectivity index (χ0n) is 10.7. The Bertz CT molecular complexity index is 845. The number of furan rings is 1. The fourth-order valence-corrected chi connectivity index (χ4v) is 2.18. The summed E-state index contributed by atoms with van der Waals surface area (Å²) < 4.78 is 18.5. The van der Waals surface area contributed by atoms with Gasteiger partial charge in [0.05, 0.1) is 10.7 Å². The van der Waals surface area contributed by atoms with Crippen LogP contribution >= 0.6 is 11.6 Å². The van der Waals surface area contributed by atoms with E-state index in [2.05, 4.69) is 5.32 Å². The van der Waals surface area contributed by atoms with E-state index >= 15 is 0 Å². The molecular formula is C15H10ClFN2O2. The molecule has 1 amide bonds. The summed E-state index contributed by atoms with van der Waals surface area (Å²) in [5, 5.41) is 3.15. The number of rotatable bonds is 2. The number of hydrogen-bond acceptors (Lipinski definition) is 3. The van der Waals surface area contributed by atoms with Gasteiger partial charge in [-0.15, -0.1) is 0 Å². The van der Waals surface area contributed by atoms with Crippen LogP contribution in [-0.4, -0.2) is 5.91 Å². The van der Waals surface area contributed by atoms with Crippen LogP contribution in [0.15, 0.2) is 46.9 Å². The molecule has 0 aliphatic carbocycles. The third kappa shape index (κ3) is 2.43. The van der Waals surface area contributed by atoms with Crippen molar-refractivity contribution < 1.29 is 13.6 Å². The first kappa shape index (κ1) is 13.5. The topological polar surface area (TPSA) is 68.3 Å². The van der Waals surface area contributed by atoms with Crippen LogP contribution in [0.25, 0.3) is 11.0 Å². The van der Waals surface area contributed by atoms with Crippen molar-refractivity contribution in [2.75, 3.05) is 11.1 Å². The molecule has 0 fully saturated rings. The lowest BCUT2D eigenvalue weighted by Crippen LogP contribution is -2.12. The summed E-state index contributed by atoms with van der Waals surface area (Å²) in [4.78, 5) is 12.2. The maximum absolute atomic E-state index is 13.1. The zero-order valence-corrected chi connectivity index (χ0v) is 11.4. The molecule has 3 N–H and O–H groups in total. The van der Waals surface area contributed by atoms with E-state index in [0.29, 0.717) is 16.7 Å². The Kier molecular flexibility index (Phi) is 3.27. The SMILES string of the molecule is Nc1c(C(=O)Nc2ccc(F)c(Cl)c2)oc2ccccc12. The van der Waals surface area contributed by atoms with E-state index in [0.717, 1.165) is 0 Å². The lowest BCUT2D eigenvalue weighted by atomic mass is 10.2. The van der Waals surface area contributed by atoms with Crippen molar-refractivity contribution in [2.45, 2.75) is 0 Å². The molecule has 0 aliphatic heterocycles. The van der Waals surface area contributed by atoms with Crippen LogP contribution in [0.4, 0.5) is 15.8 Å². The number of amides is 1. The number of halogens is 2. The highest BCUT2D eigenvalue weighted by atomic mass is 35.5. The summed E-state index contributed by atoms with van der Waals surface area (Å²) in [5.74, 6) is -1.07. The molecule has 0 aliphatic rings. The normalized spacial score (nSPS) is 10.8. The Morgan fingerprint density at radius 2 is 2.00 bits per heavy atom. The molecule has 106 valence electrons. The molecular weight excluding hydrogens is 295 g/mol. The number of hydrogen-bond donors (Lipinski definition) is 2. The summed E-state index contributed by atoms with van der Waals surface area (Å²) in [6.07, 6.45) is 0. The van der Waals surface area contributed by atoms with Gasteiger partial charge in [-0.3, -0.25) is 4.79 Å². The van der Waals surface area contributed by atoms with Gasteiger partial charge in [0.1, 0.15) is 11.4 Å². The van der Waals surface area contributed by atoms with Crippen LogP contribution in [0.3, 0.4) is 0 Å². The van der Waals surface area contributed by atoms with Crippen molar-refractivity contribution in [1.29, 1.82) is 0 Å². The van der Waals surface area contributed by atoms with E-state index in [-0.39, 0.29) is 16.5 Å². The van der Waals surface area contributed by atoms with Gasteiger partial charge in [-0.2, -0.15) is 0 Å². The highest BCUT2D eigenvalue weighted by Gasteiger charge is 2.18. The molecule has 1 aromatic heterocycles. The second kappa shape index (κ2) is 5.10. The van der Waals surface area contributed by atoms with E-state index in [1.165, 1.54) is 18.2 Å². The summed E-state index contributed by atoms with van der Waals surface area (Å²) in [6, 6.07) is 10.9. The van der Waals surface area contributed by atoms with E-state index in [4.69, 9.17) is 21.8 Å². The van der Waals surface area contributed by atoms with E-state index in [1.807, 2.05) is 0 Å². The molecule has 6 heteroatoms. The van der Waals surface area contributed by atoms with Gasteiger partial charge in [0.2, 0.25) is 5.76 Å². The molecule has 3 aromatic rings. The minimum Gasteiger partial charge on any atom is -0.449 e. The third-order valence-electron chi connectivity index (χ3n) is 3.02. The van der Waals surface area contributed by atoms with Crippen LogP contribution in [0, 0.1) is 5.82 Å². The van der Waals surface area contributed by atoms with Crippen molar-refractivity contribution in [3.8, 4) is 0 Å². The Labute approximate surface area is 124 Å². The lowest BCUT2D eigenvalue weighted by Gasteiger charge is -2.04. The van der Waals surface area contributed by atoms with Crippen molar-refractivity contribution in [2.24, 2.45) is 0 Å². The second-order valence-electron chi connectivity index (χ2n) is 4.42. The molecule has 0 bridgehead atoms. The number of para-hydroxylation sites is 1. The Morgan fingerprint density at radius 3 is 2.71 bits per heavy atom. The quantitative estimate of drug-likeness (QED) is 0.750. The molecule has 0 unspecified atom stereocenters. The Balaban J connectivity index is 1.93. The monoisotopic (exact) mass is 304 g/mol. The van der Waals surface area contributed by atoms with E-state index < -0.39 is 11.7 Å². The molecule has 0 saturated heterocycles. The van der Waals surface area contributed by atoms with Crippen molar-refractivity contribution in [1.82, 2.24) is 0 Å². The molecule has 0 saturated carbocycles. The van der Waals surface area contributed by atoms with Gasteiger partial charge in [0.25, 0.3) is 5.91 Å². The highest BCUT2D eigenvalue weighted by Crippen LogP contribution is 2.29. The number of anilines is 2. The predicted molar refractivity (Wildman–Crippen MR) is 80.0 cm³/mol. The number of nitrogen functional groups attached to an aromatic ring is 1. The van der Waals surface area contributed by atoms with Gasteiger partial charge < -0.3 is 15.5 Å². The lowest BCUT2D eigenvalue weighted by molar-refractivity contribution is 0.1000. The summed E-state index contributed by atoms with van der Waals surface area (Å²) >= 11 is 5.66. The van der Waals surface area contributed by atoms with Gasteiger partial charge in [-0.05, 0) is 30.3 Å². The number of benzene rings is 2. The van der Waals surface area contributed by atoms with Gasteiger partial charge in [-0.25, -0.2) is 4.39 Å². The second-order valence-corrected chi connectivity index (χ2v) is 4.83. The van der Waals surface area contributed by atoms with Gasteiger partial charge in [0, 0.05) is 11.1 Å². The number of fused-ring (bicyclic) bond motifs is 1. The van der Waals surface area contributed by atoms with Crippen LogP contribution in [0.1, 0.15) is 10.6 Å². The Morgan fingerprint density at radius 1 is 1.24 bits per heavy atom. The first-order chi connectivity index (χ1) is 10.1. The van der Waals surface area contributed by atoms with Crippen molar-refractivity contribution >= 4 is 39.9 Å². The molecule has 0 spiro atoms. The van der Waals surface area contributed by atoms with Gasteiger partial charge in [-0.1, -0.05) is 23.7 Å².